The summed E-state index contributed by atoms with van der Waals surface area (Å²) in [6.07, 6.45) is 3.35. The number of nitrogens with zero attached hydrogens (tertiary/aromatic N) is 2. The van der Waals surface area contributed by atoms with Crippen LogP contribution in [0.3, 0.4) is 0 Å². The molecule has 1 unspecified atom stereocenters. The summed E-state index contributed by atoms with van der Waals surface area (Å²) in [4.78, 5) is 8.48. The summed E-state index contributed by atoms with van der Waals surface area (Å²) >= 11 is -1.85. The van der Waals surface area contributed by atoms with Gasteiger partial charge in [-0.2, -0.15) is 0 Å². The number of hydrogen-bond acceptors (Lipinski definition) is 5. The summed E-state index contributed by atoms with van der Waals surface area (Å²) in [6.45, 7) is 0. The van der Waals surface area contributed by atoms with E-state index in [1.807, 2.05) is 42.5 Å². The molecular weight excluding hydrogens is 338 g/mol. The largest absolute Gasteiger partial charge is 0.481 e. The molecule has 0 saturated carbocycles. The van der Waals surface area contributed by atoms with E-state index in [0.29, 0.717) is 11.7 Å². The van der Waals surface area contributed by atoms with Crippen LogP contribution in [0.1, 0.15) is 5.56 Å². The highest BCUT2D eigenvalue weighted by Crippen LogP contribution is 2.34. The van der Waals surface area contributed by atoms with Gasteiger partial charge >= 0.3 is 0 Å². The van der Waals surface area contributed by atoms with Gasteiger partial charge in [-0.25, -0.2) is 14.2 Å². The fraction of sp³-hybridized carbons (Fsp3) is 0.111. The molecule has 1 atom stereocenters. The van der Waals surface area contributed by atoms with E-state index in [1.54, 1.807) is 19.5 Å². The van der Waals surface area contributed by atoms with Crippen molar-refractivity contribution >= 4 is 16.9 Å². The first-order valence-corrected chi connectivity index (χ1v) is 8.77. The van der Waals surface area contributed by atoms with Gasteiger partial charge in [0.05, 0.1) is 12.9 Å². The molecule has 0 spiro atoms. The summed E-state index contributed by atoms with van der Waals surface area (Å²) in [5.74, 6) is 0.981. The van der Waals surface area contributed by atoms with Crippen molar-refractivity contribution in [2.24, 2.45) is 0 Å². The van der Waals surface area contributed by atoms with Gasteiger partial charge in [0.2, 0.25) is 5.88 Å². The Kier molecular flexibility index (Phi) is 5.06. The van der Waals surface area contributed by atoms with Crippen LogP contribution in [0.2, 0.25) is 0 Å². The highest BCUT2D eigenvalue weighted by molar-refractivity contribution is 7.78. The SMILES string of the molecule is COc1ncccc1-c1cc(-c2ccc(CS(=O)O)cc2)cnc1N. The number of methoxy groups -OCH3 is 1. The first-order chi connectivity index (χ1) is 12.1. The Balaban J connectivity index is 2.01. The molecule has 128 valence electrons. The van der Waals surface area contributed by atoms with Crippen molar-refractivity contribution in [3.63, 3.8) is 0 Å². The molecule has 0 radical (unpaired) electrons. The number of ether oxygens (including phenoxy) is 1. The maximum Gasteiger partial charge on any atom is 0.221 e. The second kappa shape index (κ2) is 7.42. The monoisotopic (exact) mass is 355 g/mol. The maximum atomic E-state index is 10.9. The van der Waals surface area contributed by atoms with Gasteiger partial charge in [0.15, 0.2) is 11.1 Å². The summed E-state index contributed by atoms with van der Waals surface area (Å²) < 4.78 is 25.2. The number of rotatable bonds is 5. The molecule has 0 bridgehead atoms. The van der Waals surface area contributed by atoms with Crippen LogP contribution in [0.25, 0.3) is 22.3 Å². The van der Waals surface area contributed by atoms with Gasteiger partial charge in [-0.15, -0.1) is 0 Å². The Morgan fingerprint density at radius 2 is 1.88 bits per heavy atom. The molecular formula is C18H17N3O3S. The lowest BCUT2D eigenvalue weighted by atomic mass is 10.0. The van der Waals surface area contributed by atoms with E-state index in [0.717, 1.165) is 27.8 Å². The fourth-order valence-electron chi connectivity index (χ4n) is 2.54. The standard InChI is InChI=1S/C18H17N3O3S/c1-24-18-15(3-2-8-20-18)16-9-14(10-21-17(16)19)13-6-4-12(5-7-13)11-25(22)23/h2-10H,11H2,1H3,(H2,19,21)(H,22,23). The van der Waals surface area contributed by atoms with Gasteiger partial charge < -0.3 is 15.0 Å². The van der Waals surface area contributed by atoms with Crippen LogP contribution in [0, 0.1) is 0 Å². The van der Waals surface area contributed by atoms with Crippen LogP contribution in [0.15, 0.2) is 54.9 Å². The van der Waals surface area contributed by atoms with Crippen molar-refractivity contribution in [3.8, 4) is 28.1 Å². The van der Waals surface area contributed by atoms with E-state index in [-0.39, 0.29) is 5.75 Å². The molecule has 2 aromatic heterocycles. The predicted molar refractivity (Wildman–Crippen MR) is 98.3 cm³/mol. The van der Waals surface area contributed by atoms with E-state index < -0.39 is 11.1 Å². The molecule has 3 aromatic rings. The minimum absolute atomic E-state index is 0.110. The first-order valence-electron chi connectivity index (χ1n) is 7.50. The molecule has 0 saturated heterocycles. The van der Waals surface area contributed by atoms with E-state index in [2.05, 4.69) is 9.97 Å². The van der Waals surface area contributed by atoms with Gasteiger partial charge in [-0.3, -0.25) is 0 Å². The lowest BCUT2D eigenvalue weighted by molar-refractivity contribution is 0.399. The number of benzene rings is 1. The average molecular weight is 355 g/mol. The van der Waals surface area contributed by atoms with Crippen LogP contribution in [0.5, 0.6) is 5.88 Å². The van der Waals surface area contributed by atoms with Crippen LogP contribution in [-0.2, 0) is 16.8 Å². The molecule has 0 aliphatic carbocycles. The second-order valence-corrected chi connectivity index (χ2v) is 6.31. The van der Waals surface area contributed by atoms with E-state index in [4.69, 9.17) is 15.0 Å². The maximum absolute atomic E-state index is 10.9. The smallest absolute Gasteiger partial charge is 0.221 e. The van der Waals surface area contributed by atoms with Gasteiger partial charge in [0.25, 0.3) is 0 Å². The molecule has 3 N–H and O–H groups in total. The molecule has 0 amide bonds. The first kappa shape index (κ1) is 17.1. The lowest BCUT2D eigenvalue weighted by Crippen LogP contribution is -1.98. The summed E-state index contributed by atoms with van der Waals surface area (Å²) in [5, 5.41) is 0. The number of nitrogens with two attached hydrogens (primary N) is 1. The Labute approximate surface area is 148 Å². The van der Waals surface area contributed by atoms with Crippen LogP contribution in [0.4, 0.5) is 5.82 Å². The highest BCUT2D eigenvalue weighted by Gasteiger charge is 2.12. The molecule has 0 fully saturated rings. The van der Waals surface area contributed by atoms with Crippen molar-refractivity contribution in [1.82, 2.24) is 9.97 Å². The molecule has 0 aliphatic heterocycles. The number of anilines is 1. The average Bonchev–Trinajstić information content (AvgIpc) is 2.62. The number of aromatic nitrogens is 2. The van der Waals surface area contributed by atoms with Crippen molar-refractivity contribution < 1.29 is 13.5 Å². The minimum Gasteiger partial charge on any atom is -0.481 e. The molecule has 0 aliphatic rings. The van der Waals surface area contributed by atoms with Crippen molar-refractivity contribution in [3.05, 3.63) is 60.4 Å². The van der Waals surface area contributed by atoms with Crippen LogP contribution < -0.4 is 10.5 Å². The summed E-state index contributed by atoms with van der Waals surface area (Å²) in [5.41, 5.74) is 10.2. The van der Waals surface area contributed by atoms with Gasteiger partial charge in [-0.05, 0) is 29.3 Å². The number of nitrogen functional groups attached to an aromatic ring is 1. The molecule has 25 heavy (non-hydrogen) atoms. The van der Waals surface area contributed by atoms with E-state index in [9.17, 15) is 4.21 Å². The van der Waals surface area contributed by atoms with Gasteiger partial charge in [-0.1, -0.05) is 24.3 Å². The third-order valence-electron chi connectivity index (χ3n) is 3.75. The molecule has 3 rings (SSSR count). The zero-order valence-electron chi connectivity index (χ0n) is 13.5. The van der Waals surface area contributed by atoms with Crippen molar-refractivity contribution in [2.75, 3.05) is 12.8 Å². The number of hydrogen-bond donors (Lipinski definition) is 2. The highest BCUT2D eigenvalue weighted by atomic mass is 32.2. The minimum atomic E-state index is -1.85. The second-order valence-electron chi connectivity index (χ2n) is 5.38. The zero-order valence-corrected chi connectivity index (χ0v) is 14.4. The zero-order chi connectivity index (χ0) is 17.8. The topological polar surface area (TPSA) is 98.3 Å². The molecule has 6 nitrogen and oxygen atoms in total. The molecule has 2 heterocycles. The van der Waals surface area contributed by atoms with Crippen molar-refractivity contribution in [2.45, 2.75) is 5.75 Å². The van der Waals surface area contributed by atoms with Crippen LogP contribution in [-0.4, -0.2) is 25.8 Å². The van der Waals surface area contributed by atoms with E-state index >= 15 is 0 Å². The lowest BCUT2D eigenvalue weighted by Gasteiger charge is -2.11. The third-order valence-corrected chi connectivity index (χ3v) is 4.33. The third kappa shape index (κ3) is 3.84. The summed E-state index contributed by atoms with van der Waals surface area (Å²) in [6, 6.07) is 13.0. The van der Waals surface area contributed by atoms with Gasteiger partial charge in [0, 0.05) is 29.1 Å². The Morgan fingerprint density at radius 1 is 1.12 bits per heavy atom. The molecule has 1 aromatic carbocycles. The quantitative estimate of drug-likeness (QED) is 0.682. The molecule has 7 heteroatoms. The van der Waals surface area contributed by atoms with Crippen molar-refractivity contribution in [1.29, 1.82) is 0 Å². The predicted octanol–water partition coefficient (Wildman–Crippen LogP) is 3.12. The normalized spacial score (nSPS) is 11.9. The van der Waals surface area contributed by atoms with Gasteiger partial charge in [0.1, 0.15) is 5.82 Å². The fourth-order valence-corrected chi connectivity index (χ4v) is 3.02. The van der Waals surface area contributed by atoms with Crippen LogP contribution >= 0.6 is 0 Å². The Hall–Kier alpha value is -2.77. The van der Waals surface area contributed by atoms with E-state index in [1.165, 1.54) is 0 Å². The Morgan fingerprint density at radius 3 is 2.56 bits per heavy atom. The Bertz CT molecular complexity index is 914. The summed E-state index contributed by atoms with van der Waals surface area (Å²) in [7, 11) is 1.56. The number of pyridine rings is 2.